The second-order valence-electron chi connectivity index (χ2n) is 8.12. The van der Waals surface area contributed by atoms with Crippen molar-refractivity contribution < 1.29 is 23.8 Å². The molecule has 160 valence electrons. The number of aryl methyl sites for hydroxylation is 1. The minimum absolute atomic E-state index is 0.0114. The van der Waals surface area contributed by atoms with Crippen LogP contribution in [-0.4, -0.2) is 63.0 Å². The molecule has 6 nitrogen and oxygen atoms in total. The quantitative estimate of drug-likeness (QED) is 0.573. The van der Waals surface area contributed by atoms with Crippen LogP contribution in [0, 0.1) is 12.7 Å². The molecule has 2 aromatic carbocycles. The smallest absolute Gasteiger partial charge is 0.279 e. The fourth-order valence-corrected chi connectivity index (χ4v) is 3.72. The molecule has 3 rings (SSSR count). The molecule has 0 saturated carbocycles. The van der Waals surface area contributed by atoms with Gasteiger partial charge in [0, 0.05) is 11.3 Å². The summed E-state index contributed by atoms with van der Waals surface area (Å²) in [4.78, 5) is 28.9. The van der Waals surface area contributed by atoms with Crippen LogP contribution in [0.3, 0.4) is 0 Å². The fraction of sp³-hybridized carbons (Fsp3) is 0.391. The number of nitrogens with zero attached hydrogens (tertiary/aromatic N) is 1. The van der Waals surface area contributed by atoms with E-state index in [1.165, 1.54) is 11.0 Å². The van der Waals surface area contributed by atoms with E-state index in [2.05, 4.69) is 5.32 Å². The van der Waals surface area contributed by atoms with Crippen molar-refractivity contribution in [2.45, 2.75) is 13.5 Å². The van der Waals surface area contributed by atoms with Crippen molar-refractivity contribution in [3.8, 4) is 0 Å². The van der Waals surface area contributed by atoms with Gasteiger partial charge in [0.2, 0.25) is 0 Å². The number of carbonyl (C=O) groups is 2. The molecule has 2 amide bonds. The first kappa shape index (κ1) is 21.9. The van der Waals surface area contributed by atoms with E-state index in [0.29, 0.717) is 38.3 Å². The number of carbonyl (C=O) groups excluding carboxylic acids is 2. The molecule has 1 aliphatic heterocycles. The van der Waals surface area contributed by atoms with E-state index in [9.17, 15) is 14.0 Å². The Hall–Kier alpha value is -2.77. The summed E-state index contributed by atoms with van der Waals surface area (Å²) in [5.74, 6) is -0.167. The molecule has 3 N–H and O–H groups in total. The molecule has 0 aromatic heterocycles. The van der Waals surface area contributed by atoms with Gasteiger partial charge in [-0.15, -0.1) is 0 Å². The van der Waals surface area contributed by atoms with Crippen LogP contribution < -0.4 is 15.1 Å². The van der Waals surface area contributed by atoms with Crippen LogP contribution in [-0.2, 0) is 16.1 Å². The van der Waals surface area contributed by atoms with Crippen molar-refractivity contribution in [1.82, 2.24) is 4.90 Å². The van der Waals surface area contributed by atoms with Gasteiger partial charge >= 0.3 is 0 Å². The summed E-state index contributed by atoms with van der Waals surface area (Å²) in [6.45, 7) is 5.99. The van der Waals surface area contributed by atoms with Gasteiger partial charge in [-0.2, -0.15) is 0 Å². The second kappa shape index (κ2) is 10.3. The lowest BCUT2D eigenvalue weighted by atomic mass is 10.2. The number of quaternary nitrogens is 2. The number of piperazine rings is 1. The van der Waals surface area contributed by atoms with Crippen LogP contribution in [0.4, 0.5) is 10.1 Å². The van der Waals surface area contributed by atoms with E-state index >= 15 is 0 Å². The summed E-state index contributed by atoms with van der Waals surface area (Å²) < 4.78 is 13.8. The number of rotatable bonds is 7. The van der Waals surface area contributed by atoms with Gasteiger partial charge in [0.05, 0.1) is 33.2 Å². The van der Waals surface area contributed by atoms with Gasteiger partial charge in [0.1, 0.15) is 12.4 Å². The fourth-order valence-electron chi connectivity index (χ4n) is 3.72. The van der Waals surface area contributed by atoms with E-state index in [1.807, 2.05) is 49.2 Å². The van der Waals surface area contributed by atoms with Crippen LogP contribution in [0.5, 0.6) is 0 Å². The van der Waals surface area contributed by atoms with Crippen LogP contribution in [0.15, 0.2) is 48.5 Å². The zero-order valence-corrected chi connectivity index (χ0v) is 17.7. The zero-order valence-electron chi connectivity index (χ0n) is 17.7. The highest BCUT2D eigenvalue weighted by Crippen LogP contribution is 2.08. The summed E-state index contributed by atoms with van der Waals surface area (Å²) in [6, 6.07) is 14.4. The number of hydrogen-bond donors (Lipinski definition) is 3. The van der Waals surface area contributed by atoms with E-state index < -0.39 is 0 Å². The third-order valence-electron chi connectivity index (χ3n) is 5.47. The number of nitrogens with one attached hydrogen (secondary N) is 3. The molecular formula is C23H31FN4O2+2. The van der Waals surface area contributed by atoms with E-state index in [4.69, 9.17) is 0 Å². The number of halogens is 1. The molecule has 1 saturated heterocycles. The first-order chi connectivity index (χ1) is 14.4. The summed E-state index contributed by atoms with van der Waals surface area (Å²) >= 11 is 0. The maximum atomic E-state index is 13.8. The van der Waals surface area contributed by atoms with Crippen LogP contribution in [0.25, 0.3) is 0 Å². The van der Waals surface area contributed by atoms with Crippen molar-refractivity contribution in [3.63, 3.8) is 0 Å². The van der Waals surface area contributed by atoms with Gasteiger partial charge in [-0.05, 0) is 25.1 Å². The van der Waals surface area contributed by atoms with Crippen LogP contribution in [0.1, 0.15) is 11.1 Å². The number of likely N-dealkylation sites (N-methyl/N-ethyl adjacent to an activating group) is 1. The van der Waals surface area contributed by atoms with E-state index in [-0.39, 0.29) is 17.6 Å². The standard InChI is InChI=1S/C23H29FN4O2/c1-18-7-9-20(10-8-18)25-22(29)16-27-11-13-28(14-12-27)23(30)17-26(2)15-19-5-3-4-6-21(19)24/h3-10H,11-17H2,1-2H3,(H,25,29)/p+2. The molecule has 1 atom stereocenters. The van der Waals surface area contributed by atoms with Crippen molar-refractivity contribution >= 4 is 17.5 Å². The molecule has 1 unspecified atom stereocenters. The summed E-state index contributed by atoms with van der Waals surface area (Å²) in [5.41, 5.74) is 2.58. The number of benzene rings is 2. The largest absolute Gasteiger partial charge is 0.327 e. The lowest BCUT2D eigenvalue weighted by Crippen LogP contribution is -3.16. The van der Waals surface area contributed by atoms with Gasteiger partial charge < -0.3 is 20.0 Å². The highest BCUT2D eigenvalue weighted by Gasteiger charge is 2.27. The van der Waals surface area contributed by atoms with Crippen LogP contribution >= 0.6 is 0 Å². The highest BCUT2D eigenvalue weighted by molar-refractivity contribution is 5.91. The second-order valence-corrected chi connectivity index (χ2v) is 8.12. The Bertz CT molecular complexity index is 864. The lowest BCUT2D eigenvalue weighted by molar-refractivity contribution is -0.896. The molecule has 0 spiro atoms. The monoisotopic (exact) mass is 414 g/mol. The molecule has 0 aliphatic carbocycles. The first-order valence-electron chi connectivity index (χ1n) is 10.4. The molecule has 0 bridgehead atoms. The molecule has 30 heavy (non-hydrogen) atoms. The number of anilines is 1. The van der Waals surface area contributed by atoms with Crippen molar-refractivity contribution in [1.29, 1.82) is 0 Å². The third kappa shape index (κ3) is 6.37. The van der Waals surface area contributed by atoms with Gasteiger partial charge in [-0.3, -0.25) is 9.59 Å². The molecule has 7 heteroatoms. The molecule has 1 heterocycles. The van der Waals surface area contributed by atoms with Crippen LogP contribution in [0.2, 0.25) is 0 Å². The Morgan fingerprint density at radius 3 is 2.43 bits per heavy atom. The van der Waals surface area contributed by atoms with Gasteiger partial charge in [0.25, 0.3) is 11.8 Å². The van der Waals surface area contributed by atoms with Crippen molar-refractivity contribution in [2.75, 3.05) is 51.6 Å². The number of amides is 2. The Morgan fingerprint density at radius 2 is 1.77 bits per heavy atom. The predicted octanol–water partition coefficient (Wildman–Crippen LogP) is -0.485. The highest BCUT2D eigenvalue weighted by atomic mass is 19.1. The van der Waals surface area contributed by atoms with Crippen molar-refractivity contribution in [3.05, 3.63) is 65.5 Å². The predicted molar refractivity (Wildman–Crippen MR) is 114 cm³/mol. The lowest BCUT2D eigenvalue weighted by Gasteiger charge is -2.32. The molecular weight excluding hydrogens is 383 g/mol. The van der Waals surface area contributed by atoms with Crippen molar-refractivity contribution in [2.24, 2.45) is 0 Å². The summed E-state index contributed by atoms with van der Waals surface area (Å²) in [6.07, 6.45) is 0. The van der Waals surface area contributed by atoms with E-state index in [1.54, 1.807) is 12.1 Å². The third-order valence-corrected chi connectivity index (χ3v) is 5.47. The normalized spacial score (nSPS) is 15.6. The van der Waals surface area contributed by atoms with E-state index in [0.717, 1.165) is 29.2 Å². The Labute approximate surface area is 177 Å². The minimum atomic E-state index is -0.231. The topological polar surface area (TPSA) is 58.3 Å². The molecule has 2 aromatic rings. The maximum Gasteiger partial charge on any atom is 0.279 e. The molecule has 0 radical (unpaired) electrons. The summed E-state index contributed by atoms with van der Waals surface area (Å²) in [5, 5.41) is 2.93. The Kier molecular flexibility index (Phi) is 7.54. The Morgan fingerprint density at radius 1 is 1.10 bits per heavy atom. The van der Waals surface area contributed by atoms with Gasteiger partial charge in [-0.25, -0.2) is 4.39 Å². The zero-order chi connectivity index (χ0) is 21.5. The first-order valence-corrected chi connectivity index (χ1v) is 10.4. The van der Waals surface area contributed by atoms with Gasteiger partial charge in [-0.1, -0.05) is 35.9 Å². The average molecular weight is 415 g/mol. The molecule has 1 fully saturated rings. The number of hydrogen-bond acceptors (Lipinski definition) is 2. The summed E-state index contributed by atoms with van der Waals surface area (Å²) in [7, 11) is 1.90. The minimum Gasteiger partial charge on any atom is -0.327 e. The SMILES string of the molecule is Cc1ccc(NC(=O)C[NH+]2CCN(C(=O)C[NH+](C)Cc3ccccc3F)CC2)cc1. The Balaban J connectivity index is 1.40. The van der Waals surface area contributed by atoms with Gasteiger partial charge in [0.15, 0.2) is 13.1 Å². The average Bonchev–Trinajstić information content (AvgIpc) is 2.72. The maximum absolute atomic E-state index is 13.8. The molecule has 1 aliphatic rings.